The maximum absolute atomic E-state index is 11.1. The molecular formula is C7H16N6O3S2. The fraction of sp³-hybridized carbons (Fsp3) is 0.571. The second kappa shape index (κ2) is 9.96. The molecule has 0 bridgehead atoms. The van der Waals surface area contributed by atoms with Crippen molar-refractivity contribution in [3.8, 4) is 0 Å². The summed E-state index contributed by atoms with van der Waals surface area (Å²) in [7, 11) is 0. The molecular weight excluding hydrogens is 280 g/mol. The van der Waals surface area contributed by atoms with Gasteiger partial charge in [0.15, 0.2) is 0 Å². The molecule has 0 radical (unpaired) electrons. The Bertz CT molecular complexity index is 283. The van der Waals surface area contributed by atoms with Gasteiger partial charge in [0.05, 0.1) is 16.1 Å². The van der Waals surface area contributed by atoms with Gasteiger partial charge in [-0.3, -0.25) is 30.7 Å². The largest absolute Gasteiger partial charge is 0.294 e. The predicted octanol–water partition coefficient (Wildman–Crippen LogP) is -2.86. The van der Waals surface area contributed by atoms with E-state index in [0.29, 0.717) is 0 Å². The van der Waals surface area contributed by atoms with E-state index in [0.717, 1.165) is 0 Å². The summed E-state index contributed by atoms with van der Waals surface area (Å²) in [6, 6.07) is 0. The number of amides is 3. The van der Waals surface area contributed by atoms with Gasteiger partial charge < -0.3 is 0 Å². The van der Waals surface area contributed by atoms with Crippen molar-refractivity contribution in [3.63, 3.8) is 0 Å². The van der Waals surface area contributed by atoms with E-state index in [-0.39, 0.29) is 40.2 Å². The number of hydrazine groups is 3. The van der Waals surface area contributed by atoms with Crippen LogP contribution in [0.1, 0.15) is 6.42 Å². The number of carbonyl (C=O) groups excluding carboxylic acids is 3. The van der Waals surface area contributed by atoms with Crippen LogP contribution >= 0.6 is 23.5 Å². The molecule has 104 valence electrons. The van der Waals surface area contributed by atoms with E-state index in [1.165, 1.54) is 23.5 Å². The van der Waals surface area contributed by atoms with Crippen LogP contribution in [0.3, 0.4) is 0 Å². The summed E-state index contributed by atoms with van der Waals surface area (Å²) in [5, 5.41) is 0. The van der Waals surface area contributed by atoms with Gasteiger partial charge in [-0.05, 0) is 0 Å². The predicted molar refractivity (Wildman–Crippen MR) is 70.3 cm³/mol. The maximum Gasteiger partial charge on any atom is 0.243 e. The number of nitrogens with two attached hydrogens (primary N) is 3. The summed E-state index contributed by atoms with van der Waals surface area (Å²) in [5.74, 6) is 13.9. The minimum Gasteiger partial charge on any atom is -0.294 e. The standard InChI is InChI=1S/C7H16N6O3S2/c8-11-4(14)1-7(17-2-5(15)12-9)18-3-6(16)13-10/h7H,1-3,8-10H2,(H,11,14)(H,12,15)(H,13,16). The first-order valence-electron chi connectivity index (χ1n) is 4.75. The SMILES string of the molecule is NNC(=O)CSC(CC(=O)NN)SCC(=O)NN. The highest BCUT2D eigenvalue weighted by atomic mass is 32.2. The van der Waals surface area contributed by atoms with Crippen molar-refractivity contribution < 1.29 is 14.4 Å². The molecule has 0 heterocycles. The number of carbonyl (C=O) groups is 3. The molecule has 0 atom stereocenters. The summed E-state index contributed by atoms with van der Waals surface area (Å²) in [6.45, 7) is 0. The van der Waals surface area contributed by atoms with Crippen LogP contribution in [-0.2, 0) is 14.4 Å². The second-order valence-corrected chi connectivity index (χ2v) is 5.64. The van der Waals surface area contributed by atoms with Crippen LogP contribution in [0, 0.1) is 0 Å². The molecule has 0 saturated heterocycles. The van der Waals surface area contributed by atoms with E-state index < -0.39 is 0 Å². The van der Waals surface area contributed by atoms with Crippen LogP contribution in [-0.4, -0.2) is 33.8 Å². The zero-order valence-corrected chi connectivity index (χ0v) is 11.1. The molecule has 0 aromatic heterocycles. The van der Waals surface area contributed by atoms with E-state index in [1.807, 2.05) is 16.3 Å². The average Bonchev–Trinajstić information content (AvgIpc) is 2.40. The molecule has 0 aromatic carbocycles. The highest BCUT2D eigenvalue weighted by Gasteiger charge is 2.17. The zero-order valence-electron chi connectivity index (χ0n) is 9.47. The third kappa shape index (κ3) is 8.14. The lowest BCUT2D eigenvalue weighted by Gasteiger charge is -2.14. The monoisotopic (exact) mass is 296 g/mol. The second-order valence-electron chi connectivity index (χ2n) is 2.96. The van der Waals surface area contributed by atoms with Gasteiger partial charge in [0.1, 0.15) is 0 Å². The summed E-state index contributed by atoms with van der Waals surface area (Å²) in [4.78, 5) is 33.1. The Labute approximate surface area is 112 Å². The molecule has 0 aliphatic heterocycles. The number of hydrogen-bond donors (Lipinski definition) is 6. The van der Waals surface area contributed by atoms with E-state index in [1.54, 1.807) is 0 Å². The fourth-order valence-corrected chi connectivity index (χ4v) is 2.97. The Hall–Kier alpha value is -1.01. The van der Waals surface area contributed by atoms with Crippen LogP contribution in [0.5, 0.6) is 0 Å². The van der Waals surface area contributed by atoms with Crippen LogP contribution in [0.15, 0.2) is 0 Å². The number of rotatable bonds is 8. The third-order valence-corrected chi connectivity index (χ3v) is 4.39. The van der Waals surface area contributed by atoms with Crippen molar-refractivity contribution in [2.24, 2.45) is 17.5 Å². The lowest BCUT2D eigenvalue weighted by molar-refractivity contribution is -0.121. The first-order valence-corrected chi connectivity index (χ1v) is 6.84. The lowest BCUT2D eigenvalue weighted by atomic mass is 10.5. The maximum atomic E-state index is 11.1. The van der Waals surface area contributed by atoms with Crippen molar-refractivity contribution in [3.05, 3.63) is 0 Å². The van der Waals surface area contributed by atoms with Crippen molar-refractivity contribution in [1.29, 1.82) is 0 Å². The van der Waals surface area contributed by atoms with Crippen molar-refractivity contribution in [1.82, 2.24) is 16.3 Å². The molecule has 0 unspecified atom stereocenters. The van der Waals surface area contributed by atoms with E-state index in [4.69, 9.17) is 17.5 Å². The van der Waals surface area contributed by atoms with Crippen molar-refractivity contribution in [2.45, 2.75) is 11.0 Å². The summed E-state index contributed by atoms with van der Waals surface area (Å²) in [6.07, 6.45) is 0.0710. The molecule has 0 aliphatic carbocycles. The number of thioether (sulfide) groups is 2. The van der Waals surface area contributed by atoms with Crippen molar-refractivity contribution >= 4 is 41.2 Å². The van der Waals surface area contributed by atoms with Gasteiger partial charge in [-0.1, -0.05) is 0 Å². The molecule has 9 nitrogen and oxygen atoms in total. The van der Waals surface area contributed by atoms with Gasteiger partial charge in [0, 0.05) is 6.42 Å². The highest BCUT2D eigenvalue weighted by Crippen LogP contribution is 2.26. The Morgan fingerprint density at radius 2 is 1.22 bits per heavy atom. The smallest absolute Gasteiger partial charge is 0.243 e. The van der Waals surface area contributed by atoms with Gasteiger partial charge in [0.2, 0.25) is 17.7 Å². The molecule has 0 aliphatic rings. The third-order valence-electron chi connectivity index (χ3n) is 1.64. The van der Waals surface area contributed by atoms with Crippen LogP contribution < -0.4 is 33.8 Å². The van der Waals surface area contributed by atoms with Gasteiger partial charge in [0.25, 0.3) is 0 Å². The average molecular weight is 296 g/mol. The Balaban J connectivity index is 4.19. The van der Waals surface area contributed by atoms with Crippen LogP contribution in [0.25, 0.3) is 0 Å². The van der Waals surface area contributed by atoms with E-state index in [9.17, 15) is 14.4 Å². The first kappa shape index (κ1) is 17.0. The van der Waals surface area contributed by atoms with Crippen molar-refractivity contribution in [2.75, 3.05) is 11.5 Å². The van der Waals surface area contributed by atoms with Gasteiger partial charge >= 0.3 is 0 Å². The number of hydrogen-bond acceptors (Lipinski definition) is 8. The normalized spacial score (nSPS) is 10.0. The highest BCUT2D eigenvalue weighted by molar-refractivity contribution is 8.17. The Morgan fingerprint density at radius 1 is 0.833 bits per heavy atom. The topological polar surface area (TPSA) is 165 Å². The minimum absolute atomic E-state index is 0.0710. The molecule has 0 fully saturated rings. The fourth-order valence-electron chi connectivity index (χ4n) is 0.797. The molecule has 0 saturated carbocycles. The molecule has 9 N–H and O–H groups in total. The molecule has 11 heteroatoms. The summed E-state index contributed by atoms with van der Waals surface area (Å²) in [5.41, 5.74) is 5.92. The molecule has 0 aromatic rings. The number of nitrogens with one attached hydrogen (secondary N) is 3. The Morgan fingerprint density at radius 3 is 1.56 bits per heavy atom. The molecule has 3 amide bonds. The quantitative estimate of drug-likeness (QED) is 0.120. The molecule has 0 spiro atoms. The minimum atomic E-state index is -0.388. The van der Waals surface area contributed by atoms with E-state index >= 15 is 0 Å². The molecule has 18 heavy (non-hydrogen) atoms. The Kier molecular flexibility index (Phi) is 9.40. The first-order chi connectivity index (χ1) is 8.53. The lowest BCUT2D eigenvalue weighted by Crippen LogP contribution is -2.35. The van der Waals surface area contributed by atoms with Crippen LogP contribution in [0.2, 0.25) is 0 Å². The summed E-state index contributed by atoms with van der Waals surface area (Å²) < 4.78 is -0.303. The van der Waals surface area contributed by atoms with Crippen LogP contribution in [0.4, 0.5) is 0 Å². The summed E-state index contributed by atoms with van der Waals surface area (Å²) >= 11 is 2.37. The zero-order chi connectivity index (χ0) is 14.0. The van der Waals surface area contributed by atoms with E-state index in [2.05, 4.69) is 0 Å². The molecule has 0 rings (SSSR count). The van der Waals surface area contributed by atoms with Gasteiger partial charge in [-0.15, -0.1) is 23.5 Å². The van der Waals surface area contributed by atoms with Gasteiger partial charge in [-0.2, -0.15) is 0 Å². The van der Waals surface area contributed by atoms with Gasteiger partial charge in [-0.25, -0.2) is 17.5 Å².